The van der Waals surface area contributed by atoms with Crippen molar-refractivity contribution in [3.63, 3.8) is 0 Å². The van der Waals surface area contributed by atoms with Gasteiger partial charge in [0.25, 0.3) is 0 Å². The van der Waals surface area contributed by atoms with Gasteiger partial charge in [0, 0.05) is 20.5 Å². The van der Waals surface area contributed by atoms with Crippen LogP contribution < -0.4 is 4.90 Å². The van der Waals surface area contributed by atoms with Gasteiger partial charge in [-0.05, 0) is 24.6 Å². The third-order valence-corrected chi connectivity index (χ3v) is 4.33. The maximum atomic E-state index is 13.4. The Morgan fingerprint density at radius 3 is 2.88 bits per heavy atom. The predicted molar refractivity (Wildman–Crippen MR) is 98.5 cm³/mol. The van der Waals surface area contributed by atoms with Crippen molar-refractivity contribution < 1.29 is 4.39 Å². The third kappa shape index (κ3) is 2.87. The minimum atomic E-state index is -0.280. The molecule has 0 aliphatic carbocycles. The molecule has 4 aromatic rings. The van der Waals surface area contributed by atoms with E-state index >= 15 is 0 Å². The summed E-state index contributed by atoms with van der Waals surface area (Å²) in [5.74, 6) is 2.09. The molecule has 1 aromatic carbocycles. The van der Waals surface area contributed by atoms with Crippen molar-refractivity contribution in [2.24, 2.45) is 7.05 Å². The molecule has 7 nitrogen and oxygen atoms in total. The average molecular weight is 353 g/mol. The topological polar surface area (TPSA) is 75.5 Å². The molecule has 0 spiro atoms. The van der Waals surface area contributed by atoms with E-state index in [1.807, 2.05) is 19.0 Å². The van der Waals surface area contributed by atoms with E-state index in [1.165, 1.54) is 12.1 Å². The number of imidazole rings is 1. The van der Waals surface area contributed by atoms with Crippen molar-refractivity contribution in [3.8, 4) is 0 Å². The van der Waals surface area contributed by atoms with Crippen LogP contribution in [-0.4, -0.2) is 36.8 Å². The van der Waals surface area contributed by atoms with Gasteiger partial charge in [-0.1, -0.05) is 6.92 Å². The largest absolute Gasteiger partial charge is 0.351 e. The molecule has 0 bridgehead atoms. The Hall–Kier alpha value is -3.03. The van der Waals surface area contributed by atoms with E-state index in [4.69, 9.17) is 4.98 Å². The van der Waals surface area contributed by atoms with Crippen LogP contribution in [0.3, 0.4) is 0 Å². The first-order valence-electron chi connectivity index (χ1n) is 8.59. The normalized spacial score (nSPS) is 11.5. The Balaban J connectivity index is 1.71. The van der Waals surface area contributed by atoms with Crippen LogP contribution in [0.2, 0.25) is 0 Å². The molecule has 0 saturated carbocycles. The fourth-order valence-electron chi connectivity index (χ4n) is 3.09. The van der Waals surface area contributed by atoms with Crippen molar-refractivity contribution in [3.05, 3.63) is 41.9 Å². The summed E-state index contributed by atoms with van der Waals surface area (Å²) in [5.41, 5.74) is 2.25. The fraction of sp³-hybridized carbons (Fsp3) is 0.333. The summed E-state index contributed by atoms with van der Waals surface area (Å²) in [6.07, 6.45) is 3.57. The lowest BCUT2D eigenvalue weighted by Gasteiger charge is -2.18. The minimum Gasteiger partial charge on any atom is -0.351 e. The van der Waals surface area contributed by atoms with Crippen LogP contribution in [0.4, 0.5) is 10.2 Å². The van der Waals surface area contributed by atoms with Crippen LogP contribution >= 0.6 is 0 Å². The molecule has 4 rings (SSSR count). The van der Waals surface area contributed by atoms with Crippen LogP contribution in [0.25, 0.3) is 22.1 Å². The smallest absolute Gasteiger partial charge is 0.163 e. The van der Waals surface area contributed by atoms with Crippen LogP contribution in [0.1, 0.15) is 25.0 Å². The molecule has 26 heavy (non-hydrogen) atoms. The summed E-state index contributed by atoms with van der Waals surface area (Å²) in [6.45, 7) is 2.62. The molecule has 3 aromatic heterocycles. The highest BCUT2D eigenvalue weighted by Crippen LogP contribution is 2.24. The molecule has 3 heterocycles. The van der Waals surface area contributed by atoms with Crippen LogP contribution in [0, 0.1) is 5.82 Å². The van der Waals surface area contributed by atoms with E-state index in [0.717, 1.165) is 46.9 Å². The number of aryl methyl sites for hydroxylation is 2. The Labute approximate surface area is 149 Å². The van der Waals surface area contributed by atoms with Gasteiger partial charge in [0.05, 0.1) is 29.2 Å². The fourth-order valence-corrected chi connectivity index (χ4v) is 3.09. The maximum Gasteiger partial charge on any atom is 0.163 e. The number of nitrogens with zero attached hydrogens (tertiary/aromatic N) is 6. The molecule has 0 atom stereocenters. The number of rotatable bonds is 5. The number of benzene rings is 1. The molecule has 0 aliphatic rings. The van der Waals surface area contributed by atoms with E-state index in [-0.39, 0.29) is 5.82 Å². The second-order valence-corrected chi connectivity index (χ2v) is 6.42. The van der Waals surface area contributed by atoms with Gasteiger partial charge in [-0.15, -0.1) is 0 Å². The lowest BCUT2D eigenvalue weighted by Crippen LogP contribution is -2.20. The minimum absolute atomic E-state index is 0.280. The van der Waals surface area contributed by atoms with E-state index in [9.17, 15) is 4.39 Å². The molecule has 0 unspecified atom stereocenters. The predicted octanol–water partition coefficient (Wildman–Crippen LogP) is 2.97. The van der Waals surface area contributed by atoms with Gasteiger partial charge in [0.15, 0.2) is 5.65 Å². The summed E-state index contributed by atoms with van der Waals surface area (Å²) < 4.78 is 15.1. The highest BCUT2D eigenvalue weighted by molar-refractivity contribution is 5.86. The number of anilines is 1. The van der Waals surface area contributed by atoms with Crippen LogP contribution in [0.15, 0.2) is 24.4 Å². The number of H-pyrrole nitrogens is 1. The average Bonchev–Trinajstić information content (AvgIpc) is 3.17. The van der Waals surface area contributed by atoms with Gasteiger partial charge in [0.1, 0.15) is 23.3 Å². The van der Waals surface area contributed by atoms with Gasteiger partial charge in [0.2, 0.25) is 0 Å². The zero-order valence-corrected chi connectivity index (χ0v) is 15.0. The van der Waals surface area contributed by atoms with E-state index in [2.05, 4.69) is 27.0 Å². The van der Waals surface area contributed by atoms with Crippen molar-refractivity contribution in [2.45, 2.75) is 26.3 Å². The molecule has 1 N–H and O–H groups in total. The lowest BCUT2D eigenvalue weighted by atomic mass is 10.3. The van der Waals surface area contributed by atoms with Gasteiger partial charge >= 0.3 is 0 Å². The molecular weight excluding hydrogens is 333 g/mol. The van der Waals surface area contributed by atoms with Crippen molar-refractivity contribution in [1.29, 1.82) is 0 Å². The number of hydrogen-bond acceptors (Lipinski definition) is 5. The molecule has 0 saturated heterocycles. The van der Waals surface area contributed by atoms with E-state index < -0.39 is 0 Å². The summed E-state index contributed by atoms with van der Waals surface area (Å²) in [5, 5.41) is 5.21. The Kier molecular flexibility index (Phi) is 4.02. The first-order chi connectivity index (χ1) is 12.5. The SMILES string of the molecule is CCCc1nc(N(C)Cc2nc3ccc(F)cc3[nH]2)c2cnn(C)c2n1. The van der Waals surface area contributed by atoms with Gasteiger partial charge in [-0.3, -0.25) is 4.68 Å². The molecule has 0 radical (unpaired) electrons. The molecule has 8 heteroatoms. The molecule has 0 fully saturated rings. The first-order valence-corrected chi connectivity index (χ1v) is 8.59. The Morgan fingerprint density at radius 2 is 2.08 bits per heavy atom. The Bertz CT molecular complexity index is 1080. The highest BCUT2D eigenvalue weighted by atomic mass is 19.1. The zero-order chi connectivity index (χ0) is 18.3. The van der Waals surface area contributed by atoms with E-state index in [1.54, 1.807) is 16.9 Å². The Morgan fingerprint density at radius 1 is 1.23 bits per heavy atom. The first kappa shape index (κ1) is 16.4. The molecule has 0 amide bonds. The van der Waals surface area contributed by atoms with Crippen molar-refractivity contribution >= 4 is 27.9 Å². The summed E-state index contributed by atoms with van der Waals surface area (Å²) >= 11 is 0. The number of nitrogens with one attached hydrogen (secondary N) is 1. The monoisotopic (exact) mass is 353 g/mol. The van der Waals surface area contributed by atoms with Crippen LogP contribution in [0.5, 0.6) is 0 Å². The standard InChI is InChI=1S/C18H20FN7/c1-4-5-15-23-17(12-9-20-26(3)18(12)24-15)25(2)10-16-21-13-7-6-11(19)8-14(13)22-16/h6-9H,4-5,10H2,1-3H3,(H,21,22). The van der Waals surface area contributed by atoms with Gasteiger partial charge in [-0.2, -0.15) is 5.10 Å². The second kappa shape index (κ2) is 6.36. The molecule has 134 valence electrons. The summed E-state index contributed by atoms with van der Waals surface area (Å²) in [7, 11) is 3.83. The van der Waals surface area contributed by atoms with Gasteiger partial charge in [-0.25, -0.2) is 19.3 Å². The van der Waals surface area contributed by atoms with Gasteiger partial charge < -0.3 is 9.88 Å². The zero-order valence-electron chi connectivity index (χ0n) is 15.0. The van der Waals surface area contributed by atoms with Crippen LogP contribution in [-0.2, 0) is 20.0 Å². The number of aromatic amines is 1. The lowest BCUT2D eigenvalue weighted by molar-refractivity contribution is 0.629. The number of hydrogen-bond donors (Lipinski definition) is 1. The highest BCUT2D eigenvalue weighted by Gasteiger charge is 2.16. The quantitative estimate of drug-likeness (QED) is 0.597. The van der Waals surface area contributed by atoms with Crippen molar-refractivity contribution in [2.75, 3.05) is 11.9 Å². The third-order valence-electron chi connectivity index (χ3n) is 4.33. The number of halogens is 1. The second-order valence-electron chi connectivity index (χ2n) is 6.42. The summed E-state index contributed by atoms with van der Waals surface area (Å²) in [4.78, 5) is 19.1. The number of fused-ring (bicyclic) bond motifs is 2. The molecular formula is C18H20FN7. The maximum absolute atomic E-state index is 13.4. The van der Waals surface area contributed by atoms with Crippen molar-refractivity contribution in [1.82, 2.24) is 29.7 Å². The number of aromatic nitrogens is 6. The molecule has 0 aliphatic heterocycles. The van der Waals surface area contributed by atoms with E-state index in [0.29, 0.717) is 12.1 Å². The summed E-state index contributed by atoms with van der Waals surface area (Å²) in [6, 6.07) is 4.54.